The minimum absolute atomic E-state index is 0.392. The molecule has 1 saturated heterocycles. The van der Waals surface area contributed by atoms with Crippen LogP contribution in [0.5, 0.6) is 0 Å². The summed E-state index contributed by atoms with van der Waals surface area (Å²) in [6.45, 7) is 6.63. The standard InChI is InChI=1S/C17H22N2O4/c1-5-17(12-9-7-6-8-10-12)14(21)19(15(22)18-17)11-13(20)23-16(2,3)4/h6-10H,5,11H2,1-4H3,(H,18,22)/t17-/m0/s1. The number of benzene rings is 1. The van der Waals surface area contributed by atoms with E-state index in [9.17, 15) is 14.4 Å². The molecule has 1 atom stereocenters. The highest BCUT2D eigenvalue weighted by Gasteiger charge is 2.51. The smallest absolute Gasteiger partial charge is 0.326 e. The lowest BCUT2D eigenvalue weighted by Crippen LogP contribution is -2.44. The molecule has 1 aromatic carbocycles. The lowest BCUT2D eigenvalue weighted by molar-refractivity contribution is -0.157. The Kier molecular flexibility index (Phi) is 4.45. The molecule has 0 aromatic heterocycles. The number of amides is 3. The van der Waals surface area contributed by atoms with Gasteiger partial charge in [0.2, 0.25) is 0 Å². The summed E-state index contributed by atoms with van der Waals surface area (Å²) >= 11 is 0. The number of rotatable bonds is 4. The Balaban J connectivity index is 2.24. The first-order chi connectivity index (χ1) is 10.7. The highest BCUT2D eigenvalue weighted by Crippen LogP contribution is 2.32. The largest absolute Gasteiger partial charge is 0.459 e. The molecule has 124 valence electrons. The van der Waals surface area contributed by atoms with Crippen molar-refractivity contribution < 1.29 is 19.1 Å². The first-order valence-corrected chi connectivity index (χ1v) is 7.61. The van der Waals surface area contributed by atoms with Crippen LogP contribution in [0.1, 0.15) is 39.7 Å². The monoisotopic (exact) mass is 318 g/mol. The average Bonchev–Trinajstić information content (AvgIpc) is 2.71. The predicted molar refractivity (Wildman–Crippen MR) is 84.5 cm³/mol. The summed E-state index contributed by atoms with van der Waals surface area (Å²) < 4.78 is 5.19. The minimum Gasteiger partial charge on any atom is -0.459 e. The second-order valence-corrected chi connectivity index (χ2v) is 6.53. The molecule has 0 spiro atoms. The van der Waals surface area contributed by atoms with Crippen molar-refractivity contribution in [2.45, 2.75) is 45.3 Å². The highest BCUT2D eigenvalue weighted by atomic mass is 16.6. The predicted octanol–water partition coefficient (Wildman–Crippen LogP) is 2.19. The van der Waals surface area contributed by atoms with Crippen molar-refractivity contribution in [1.29, 1.82) is 0 Å². The number of imide groups is 1. The second-order valence-electron chi connectivity index (χ2n) is 6.53. The van der Waals surface area contributed by atoms with Crippen LogP contribution in [0.15, 0.2) is 30.3 Å². The number of nitrogens with zero attached hydrogens (tertiary/aromatic N) is 1. The molecule has 1 aliphatic heterocycles. The molecule has 1 aliphatic rings. The SMILES string of the molecule is CC[C@@]1(c2ccccc2)NC(=O)N(CC(=O)OC(C)(C)C)C1=O. The second kappa shape index (κ2) is 6.02. The van der Waals surface area contributed by atoms with Gasteiger partial charge in [-0.2, -0.15) is 0 Å². The molecule has 2 rings (SSSR count). The van der Waals surface area contributed by atoms with Crippen molar-refractivity contribution >= 4 is 17.9 Å². The van der Waals surface area contributed by atoms with Gasteiger partial charge in [0.15, 0.2) is 0 Å². The van der Waals surface area contributed by atoms with E-state index < -0.39 is 35.6 Å². The summed E-state index contributed by atoms with van der Waals surface area (Å²) in [6.07, 6.45) is 0.395. The molecule has 0 radical (unpaired) electrons. The van der Waals surface area contributed by atoms with Crippen LogP contribution in [0, 0.1) is 0 Å². The normalized spacial score (nSPS) is 21.3. The molecule has 1 aromatic rings. The van der Waals surface area contributed by atoms with Crippen LogP contribution in [-0.2, 0) is 19.9 Å². The van der Waals surface area contributed by atoms with Gasteiger partial charge < -0.3 is 10.1 Å². The summed E-state index contributed by atoms with van der Waals surface area (Å²) in [4.78, 5) is 37.9. The van der Waals surface area contributed by atoms with Gasteiger partial charge >= 0.3 is 12.0 Å². The summed E-state index contributed by atoms with van der Waals surface area (Å²) in [5.74, 6) is -1.04. The molecule has 0 saturated carbocycles. The topological polar surface area (TPSA) is 75.7 Å². The highest BCUT2D eigenvalue weighted by molar-refractivity contribution is 6.09. The third kappa shape index (κ3) is 3.36. The van der Waals surface area contributed by atoms with Crippen molar-refractivity contribution in [2.75, 3.05) is 6.54 Å². The molecule has 6 heteroatoms. The molecule has 0 bridgehead atoms. The van der Waals surface area contributed by atoms with Gasteiger partial charge in [-0.3, -0.25) is 14.5 Å². The van der Waals surface area contributed by atoms with E-state index in [0.29, 0.717) is 12.0 Å². The fourth-order valence-corrected chi connectivity index (χ4v) is 2.63. The molecule has 3 amide bonds. The number of ether oxygens (including phenoxy) is 1. The third-order valence-electron chi connectivity index (χ3n) is 3.68. The summed E-state index contributed by atoms with van der Waals surface area (Å²) in [5.41, 5.74) is -1.09. The molecule has 6 nitrogen and oxygen atoms in total. The van der Waals surface area contributed by atoms with Crippen LogP contribution in [-0.4, -0.2) is 35.0 Å². The molecular formula is C17H22N2O4. The quantitative estimate of drug-likeness (QED) is 0.682. The Morgan fingerprint density at radius 3 is 2.35 bits per heavy atom. The fourth-order valence-electron chi connectivity index (χ4n) is 2.63. The van der Waals surface area contributed by atoms with Crippen LogP contribution < -0.4 is 5.32 Å². The summed E-state index contributed by atoms with van der Waals surface area (Å²) in [5, 5.41) is 2.73. The molecule has 1 fully saturated rings. The summed E-state index contributed by atoms with van der Waals surface area (Å²) in [6, 6.07) is 8.46. The van der Waals surface area contributed by atoms with E-state index in [1.54, 1.807) is 32.9 Å². The Labute approximate surface area is 135 Å². The number of carbonyl (C=O) groups is 3. The number of hydrogen-bond acceptors (Lipinski definition) is 4. The van der Waals surface area contributed by atoms with E-state index in [-0.39, 0.29) is 0 Å². The number of esters is 1. The van der Waals surface area contributed by atoms with Crippen LogP contribution in [0.2, 0.25) is 0 Å². The zero-order chi connectivity index (χ0) is 17.3. The van der Waals surface area contributed by atoms with Gasteiger partial charge in [0, 0.05) is 0 Å². The van der Waals surface area contributed by atoms with Gasteiger partial charge in [-0.05, 0) is 32.8 Å². The number of hydrogen-bond donors (Lipinski definition) is 1. The minimum atomic E-state index is -1.12. The lowest BCUT2D eigenvalue weighted by Gasteiger charge is -2.26. The number of carbonyl (C=O) groups excluding carboxylic acids is 3. The Morgan fingerprint density at radius 1 is 1.22 bits per heavy atom. The van der Waals surface area contributed by atoms with Gasteiger partial charge in [-0.1, -0.05) is 37.3 Å². The van der Waals surface area contributed by atoms with Crippen molar-refractivity contribution in [3.05, 3.63) is 35.9 Å². The zero-order valence-electron chi connectivity index (χ0n) is 13.9. The van der Waals surface area contributed by atoms with Crippen molar-refractivity contribution in [2.24, 2.45) is 0 Å². The van der Waals surface area contributed by atoms with E-state index in [1.807, 2.05) is 25.1 Å². The van der Waals surface area contributed by atoms with E-state index in [0.717, 1.165) is 4.90 Å². The Bertz CT molecular complexity index is 621. The maximum atomic E-state index is 12.8. The van der Waals surface area contributed by atoms with Gasteiger partial charge in [0.1, 0.15) is 17.7 Å². The van der Waals surface area contributed by atoms with Crippen molar-refractivity contribution in [3.63, 3.8) is 0 Å². The fraction of sp³-hybridized carbons (Fsp3) is 0.471. The van der Waals surface area contributed by atoms with Crippen LogP contribution in [0.4, 0.5) is 4.79 Å². The molecule has 1 N–H and O–H groups in total. The zero-order valence-corrected chi connectivity index (χ0v) is 13.9. The maximum Gasteiger partial charge on any atom is 0.326 e. The van der Waals surface area contributed by atoms with E-state index in [4.69, 9.17) is 4.74 Å². The third-order valence-corrected chi connectivity index (χ3v) is 3.68. The van der Waals surface area contributed by atoms with Crippen molar-refractivity contribution in [1.82, 2.24) is 10.2 Å². The molecule has 23 heavy (non-hydrogen) atoms. The van der Waals surface area contributed by atoms with Gasteiger partial charge in [-0.25, -0.2) is 4.79 Å². The molecule has 0 unspecified atom stereocenters. The van der Waals surface area contributed by atoms with Crippen LogP contribution in [0.3, 0.4) is 0 Å². The Hall–Kier alpha value is -2.37. The molecule has 1 heterocycles. The summed E-state index contributed by atoms with van der Waals surface area (Å²) in [7, 11) is 0. The number of nitrogens with one attached hydrogen (secondary N) is 1. The van der Waals surface area contributed by atoms with Gasteiger partial charge in [0.05, 0.1) is 0 Å². The number of urea groups is 1. The molecule has 0 aliphatic carbocycles. The van der Waals surface area contributed by atoms with E-state index >= 15 is 0 Å². The average molecular weight is 318 g/mol. The first kappa shape index (κ1) is 17.0. The lowest BCUT2D eigenvalue weighted by atomic mass is 9.87. The van der Waals surface area contributed by atoms with Crippen molar-refractivity contribution in [3.8, 4) is 0 Å². The first-order valence-electron chi connectivity index (χ1n) is 7.61. The van der Waals surface area contributed by atoms with Crippen LogP contribution >= 0.6 is 0 Å². The van der Waals surface area contributed by atoms with Gasteiger partial charge in [-0.15, -0.1) is 0 Å². The Morgan fingerprint density at radius 2 is 1.83 bits per heavy atom. The van der Waals surface area contributed by atoms with Crippen LogP contribution in [0.25, 0.3) is 0 Å². The van der Waals surface area contributed by atoms with E-state index in [1.165, 1.54) is 0 Å². The maximum absolute atomic E-state index is 12.8. The van der Waals surface area contributed by atoms with Gasteiger partial charge in [0.25, 0.3) is 5.91 Å². The van der Waals surface area contributed by atoms with E-state index in [2.05, 4.69) is 5.32 Å². The molecular weight excluding hydrogens is 296 g/mol.